The van der Waals surface area contributed by atoms with E-state index in [1.807, 2.05) is 6.07 Å². The second-order valence-corrected chi connectivity index (χ2v) is 6.69. The molecule has 4 amide bonds. The Balaban J connectivity index is 1.70. The highest BCUT2D eigenvalue weighted by Crippen LogP contribution is 2.28. The van der Waals surface area contributed by atoms with Crippen LogP contribution in [0.4, 0.5) is 9.18 Å². The Morgan fingerprint density at radius 3 is 2.52 bits per heavy atom. The molecule has 0 aliphatic carbocycles. The molecule has 140 valence electrons. The molecule has 3 rings (SSSR count). The zero-order valence-corrected chi connectivity index (χ0v) is 15.1. The summed E-state index contributed by atoms with van der Waals surface area (Å²) in [4.78, 5) is 39.9. The average Bonchev–Trinajstić information content (AvgIpc) is 2.86. The van der Waals surface area contributed by atoms with Gasteiger partial charge in [0.05, 0.1) is 0 Å². The zero-order chi connectivity index (χ0) is 19.6. The van der Waals surface area contributed by atoms with Gasteiger partial charge in [0.2, 0.25) is 5.91 Å². The molecule has 1 heterocycles. The van der Waals surface area contributed by atoms with Crippen molar-refractivity contribution in [2.24, 2.45) is 0 Å². The molecule has 7 heteroatoms. The molecule has 1 aliphatic rings. The van der Waals surface area contributed by atoms with Gasteiger partial charge in [0, 0.05) is 13.6 Å². The van der Waals surface area contributed by atoms with Crippen LogP contribution in [-0.2, 0) is 21.7 Å². The Bertz CT molecular complexity index is 887. The molecule has 0 spiro atoms. The van der Waals surface area contributed by atoms with E-state index in [9.17, 15) is 18.8 Å². The minimum Gasteiger partial charge on any atom is -0.340 e. The zero-order valence-electron chi connectivity index (χ0n) is 15.1. The highest BCUT2D eigenvalue weighted by molar-refractivity contribution is 6.09. The van der Waals surface area contributed by atoms with Gasteiger partial charge in [-0.3, -0.25) is 14.5 Å². The molecule has 1 N–H and O–H groups in total. The predicted octanol–water partition coefficient (Wildman–Crippen LogP) is 2.25. The van der Waals surface area contributed by atoms with E-state index >= 15 is 0 Å². The second-order valence-electron chi connectivity index (χ2n) is 6.69. The Morgan fingerprint density at radius 1 is 1.15 bits per heavy atom. The molecule has 0 aromatic heterocycles. The van der Waals surface area contributed by atoms with Gasteiger partial charge in [-0.15, -0.1) is 0 Å². The van der Waals surface area contributed by atoms with Crippen LogP contribution in [0.15, 0.2) is 54.6 Å². The lowest BCUT2D eigenvalue weighted by atomic mass is 9.92. The highest BCUT2D eigenvalue weighted by Gasteiger charge is 2.49. The van der Waals surface area contributed by atoms with Gasteiger partial charge >= 0.3 is 6.03 Å². The lowest BCUT2D eigenvalue weighted by molar-refractivity contribution is -0.138. The number of urea groups is 1. The Hall–Kier alpha value is -3.22. The number of amides is 4. The summed E-state index contributed by atoms with van der Waals surface area (Å²) in [6.07, 6.45) is 0. The predicted molar refractivity (Wildman–Crippen MR) is 96.9 cm³/mol. The first-order valence-electron chi connectivity index (χ1n) is 8.49. The third-order valence-corrected chi connectivity index (χ3v) is 4.65. The van der Waals surface area contributed by atoms with Crippen molar-refractivity contribution in [2.45, 2.75) is 19.0 Å². The highest BCUT2D eigenvalue weighted by atomic mass is 19.1. The fraction of sp³-hybridized carbons (Fsp3) is 0.250. The molecule has 1 aliphatic heterocycles. The van der Waals surface area contributed by atoms with Crippen LogP contribution in [0.25, 0.3) is 0 Å². The maximum atomic E-state index is 13.3. The van der Waals surface area contributed by atoms with Gasteiger partial charge in [-0.2, -0.15) is 0 Å². The smallest absolute Gasteiger partial charge is 0.325 e. The first-order chi connectivity index (χ1) is 12.8. The van der Waals surface area contributed by atoms with Gasteiger partial charge in [0.1, 0.15) is 17.9 Å². The van der Waals surface area contributed by atoms with E-state index in [2.05, 4.69) is 5.32 Å². The van der Waals surface area contributed by atoms with Crippen molar-refractivity contribution < 1.29 is 18.8 Å². The summed E-state index contributed by atoms with van der Waals surface area (Å²) in [6, 6.07) is 14.2. The fourth-order valence-electron chi connectivity index (χ4n) is 3.06. The maximum Gasteiger partial charge on any atom is 0.325 e. The number of carbonyl (C=O) groups excluding carboxylic acids is 3. The molecule has 0 radical (unpaired) electrons. The molecular weight excluding hydrogens is 349 g/mol. The van der Waals surface area contributed by atoms with Gasteiger partial charge in [-0.1, -0.05) is 42.5 Å². The summed E-state index contributed by atoms with van der Waals surface area (Å²) in [5.74, 6) is -1.28. The van der Waals surface area contributed by atoms with Crippen LogP contribution in [0.5, 0.6) is 0 Å². The first kappa shape index (κ1) is 18.6. The van der Waals surface area contributed by atoms with Gasteiger partial charge in [-0.25, -0.2) is 9.18 Å². The normalized spacial score (nSPS) is 19.1. The average molecular weight is 369 g/mol. The van der Waals surface area contributed by atoms with Gasteiger partial charge in [0.25, 0.3) is 5.91 Å². The van der Waals surface area contributed by atoms with Crippen molar-refractivity contribution in [3.63, 3.8) is 0 Å². The number of nitrogens with one attached hydrogen (secondary N) is 1. The van der Waals surface area contributed by atoms with E-state index in [0.717, 1.165) is 4.90 Å². The van der Waals surface area contributed by atoms with Gasteiger partial charge in [0.15, 0.2) is 0 Å². The van der Waals surface area contributed by atoms with E-state index in [0.29, 0.717) is 11.1 Å². The number of benzene rings is 2. The van der Waals surface area contributed by atoms with Crippen molar-refractivity contribution in [2.75, 3.05) is 13.6 Å². The lowest BCUT2D eigenvalue weighted by Crippen LogP contribution is -2.43. The van der Waals surface area contributed by atoms with Crippen LogP contribution in [-0.4, -0.2) is 41.2 Å². The Morgan fingerprint density at radius 2 is 1.85 bits per heavy atom. The lowest BCUT2D eigenvalue weighted by Gasteiger charge is -2.23. The maximum absolute atomic E-state index is 13.3. The number of rotatable bonds is 5. The number of hydrogen-bond acceptors (Lipinski definition) is 3. The van der Waals surface area contributed by atoms with E-state index in [4.69, 9.17) is 0 Å². The summed E-state index contributed by atoms with van der Waals surface area (Å²) in [5.41, 5.74) is 0.0586. The molecule has 0 saturated carbocycles. The van der Waals surface area contributed by atoms with Crippen molar-refractivity contribution in [1.29, 1.82) is 0 Å². The SMILES string of the molecule is CN(Cc1cccc(F)c1)C(=O)CN1C(=O)N[C@](C)(c2ccccc2)C1=O. The Labute approximate surface area is 156 Å². The molecule has 2 aromatic rings. The monoisotopic (exact) mass is 369 g/mol. The van der Waals surface area contributed by atoms with Crippen LogP contribution >= 0.6 is 0 Å². The largest absolute Gasteiger partial charge is 0.340 e. The van der Waals surface area contributed by atoms with Gasteiger partial charge < -0.3 is 10.2 Å². The number of imide groups is 1. The number of likely N-dealkylation sites (N-methyl/N-ethyl adjacent to an activating group) is 1. The fourth-order valence-corrected chi connectivity index (χ4v) is 3.06. The Kier molecular flexibility index (Phi) is 4.94. The summed E-state index contributed by atoms with van der Waals surface area (Å²) in [7, 11) is 1.54. The van der Waals surface area contributed by atoms with Crippen LogP contribution < -0.4 is 5.32 Å². The first-order valence-corrected chi connectivity index (χ1v) is 8.49. The van der Waals surface area contributed by atoms with Crippen LogP contribution in [0, 0.1) is 5.82 Å². The van der Waals surface area contributed by atoms with E-state index < -0.39 is 23.4 Å². The number of halogens is 1. The summed E-state index contributed by atoms with van der Waals surface area (Å²) >= 11 is 0. The molecule has 6 nitrogen and oxygen atoms in total. The molecule has 2 aromatic carbocycles. The van der Waals surface area contributed by atoms with Gasteiger partial charge in [-0.05, 0) is 30.2 Å². The van der Waals surface area contributed by atoms with E-state index in [1.54, 1.807) is 50.4 Å². The van der Waals surface area contributed by atoms with E-state index in [1.165, 1.54) is 17.0 Å². The standard InChI is InChI=1S/C20H20FN3O3/c1-20(15-8-4-3-5-9-15)18(26)24(19(27)22-20)13-17(25)23(2)12-14-7-6-10-16(21)11-14/h3-11H,12-13H2,1-2H3,(H,22,27)/t20-/m1/s1. The summed E-state index contributed by atoms with van der Waals surface area (Å²) in [5, 5.41) is 2.66. The summed E-state index contributed by atoms with van der Waals surface area (Å²) < 4.78 is 13.3. The molecule has 1 saturated heterocycles. The van der Waals surface area contributed by atoms with Crippen LogP contribution in [0.1, 0.15) is 18.1 Å². The number of nitrogens with zero attached hydrogens (tertiary/aromatic N) is 2. The topological polar surface area (TPSA) is 69.7 Å². The summed E-state index contributed by atoms with van der Waals surface area (Å²) in [6.45, 7) is 1.42. The third kappa shape index (κ3) is 3.67. The molecule has 27 heavy (non-hydrogen) atoms. The molecule has 0 unspecified atom stereocenters. The number of hydrogen-bond donors (Lipinski definition) is 1. The van der Waals surface area contributed by atoms with Crippen molar-refractivity contribution in [3.8, 4) is 0 Å². The van der Waals surface area contributed by atoms with Crippen molar-refractivity contribution in [1.82, 2.24) is 15.1 Å². The molecule has 1 fully saturated rings. The number of carbonyl (C=O) groups is 3. The third-order valence-electron chi connectivity index (χ3n) is 4.65. The van der Waals surface area contributed by atoms with Crippen molar-refractivity contribution in [3.05, 3.63) is 71.5 Å². The molecule has 1 atom stereocenters. The van der Waals surface area contributed by atoms with E-state index in [-0.39, 0.29) is 18.9 Å². The minimum absolute atomic E-state index is 0.177. The van der Waals surface area contributed by atoms with Crippen LogP contribution in [0.2, 0.25) is 0 Å². The second kappa shape index (κ2) is 7.19. The quantitative estimate of drug-likeness (QED) is 0.822. The minimum atomic E-state index is -1.21. The molecular formula is C20H20FN3O3. The van der Waals surface area contributed by atoms with Crippen LogP contribution in [0.3, 0.4) is 0 Å². The molecule has 0 bridgehead atoms. The van der Waals surface area contributed by atoms with Crippen molar-refractivity contribution >= 4 is 17.8 Å².